The van der Waals surface area contributed by atoms with Gasteiger partial charge in [-0.15, -0.1) is 0 Å². The van der Waals surface area contributed by atoms with Crippen molar-refractivity contribution in [2.24, 2.45) is 0 Å². The van der Waals surface area contributed by atoms with Gasteiger partial charge >= 0.3 is 0 Å². The predicted octanol–water partition coefficient (Wildman–Crippen LogP) is 0.895. The lowest BCUT2D eigenvalue weighted by Crippen LogP contribution is -2.36. The fourth-order valence-corrected chi connectivity index (χ4v) is 1.57. The number of rotatable bonds is 4. The van der Waals surface area contributed by atoms with Crippen molar-refractivity contribution in [1.82, 2.24) is 14.5 Å². The van der Waals surface area contributed by atoms with Gasteiger partial charge in [0.05, 0.1) is 0 Å². The van der Waals surface area contributed by atoms with E-state index in [1.807, 2.05) is 20.8 Å². The predicted molar refractivity (Wildman–Crippen MR) is 59.3 cm³/mol. The standard InChI is InChI=1S/C10H18N4O/c1-4-13(5-2)9(15)8(3)14-7-6-12-10(14)11/h6-8H,4-5H2,1-3H3,(H2,11,12). The number of hydrogen-bond donors (Lipinski definition) is 1. The van der Waals surface area contributed by atoms with Gasteiger partial charge in [-0.3, -0.25) is 4.79 Å². The van der Waals surface area contributed by atoms with Crippen molar-refractivity contribution < 1.29 is 4.79 Å². The van der Waals surface area contributed by atoms with E-state index < -0.39 is 0 Å². The molecule has 0 fully saturated rings. The minimum Gasteiger partial charge on any atom is -0.369 e. The molecular weight excluding hydrogens is 192 g/mol. The van der Waals surface area contributed by atoms with Gasteiger partial charge in [-0.2, -0.15) is 0 Å². The largest absolute Gasteiger partial charge is 0.369 e. The third kappa shape index (κ3) is 2.29. The lowest BCUT2D eigenvalue weighted by Gasteiger charge is -2.23. The molecule has 1 heterocycles. The number of anilines is 1. The van der Waals surface area contributed by atoms with Crippen molar-refractivity contribution in [2.45, 2.75) is 26.8 Å². The van der Waals surface area contributed by atoms with Crippen molar-refractivity contribution >= 4 is 11.9 Å². The Bertz CT molecular complexity index is 330. The molecule has 5 heteroatoms. The first-order chi connectivity index (χ1) is 7.11. The molecule has 0 aromatic carbocycles. The van der Waals surface area contributed by atoms with E-state index in [9.17, 15) is 4.79 Å². The van der Waals surface area contributed by atoms with Crippen LogP contribution in [0, 0.1) is 0 Å². The Kier molecular flexibility index (Phi) is 3.71. The smallest absolute Gasteiger partial charge is 0.245 e. The zero-order valence-electron chi connectivity index (χ0n) is 9.47. The summed E-state index contributed by atoms with van der Waals surface area (Å²) in [4.78, 5) is 17.7. The molecule has 1 atom stereocenters. The summed E-state index contributed by atoms with van der Waals surface area (Å²) < 4.78 is 1.68. The highest BCUT2D eigenvalue weighted by atomic mass is 16.2. The number of aromatic nitrogens is 2. The third-order valence-corrected chi connectivity index (χ3v) is 2.55. The average molecular weight is 210 g/mol. The van der Waals surface area contributed by atoms with Crippen LogP contribution in [0.15, 0.2) is 12.4 Å². The van der Waals surface area contributed by atoms with E-state index in [4.69, 9.17) is 5.73 Å². The molecule has 2 N–H and O–H groups in total. The summed E-state index contributed by atoms with van der Waals surface area (Å²) in [6.07, 6.45) is 3.32. The number of nitrogens with two attached hydrogens (primary N) is 1. The molecule has 0 radical (unpaired) electrons. The summed E-state index contributed by atoms with van der Waals surface area (Å²) >= 11 is 0. The Hall–Kier alpha value is -1.52. The van der Waals surface area contributed by atoms with E-state index in [0.717, 1.165) is 0 Å². The molecule has 1 aromatic rings. The monoisotopic (exact) mass is 210 g/mol. The van der Waals surface area contributed by atoms with Gasteiger partial charge in [-0.25, -0.2) is 4.98 Å². The Labute approximate surface area is 89.9 Å². The van der Waals surface area contributed by atoms with Gasteiger partial charge in [-0.05, 0) is 20.8 Å². The van der Waals surface area contributed by atoms with Crippen LogP contribution in [-0.4, -0.2) is 33.4 Å². The second kappa shape index (κ2) is 4.82. The van der Waals surface area contributed by atoms with Crippen LogP contribution in [0.3, 0.4) is 0 Å². The molecule has 1 amide bonds. The Morgan fingerprint density at radius 1 is 1.60 bits per heavy atom. The van der Waals surface area contributed by atoms with Crippen LogP contribution in [0.5, 0.6) is 0 Å². The molecule has 0 spiro atoms. The lowest BCUT2D eigenvalue weighted by atomic mass is 10.3. The van der Waals surface area contributed by atoms with Crippen LogP contribution in [0.1, 0.15) is 26.8 Å². The number of likely N-dealkylation sites (N-methyl/N-ethyl adjacent to an activating group) is 1. The number of imidazole rings is 1. The number of nitrogens with zero attached hydrogens (tertiary/aromatic N) is 3. The third-order valence-electron chi connectivity index (χ3n) is 2.55. The minimum absolute atomic E-state index is 0.0738. The molecule has 0 aliphatic carbocycles. The molecule has 0 bridgehead atoms. The normalized spacial score (nSPS) is 12.5. The average Bonchev–Trinajstić information content (AvgIpc) is 2.65. The van der Waals surface area contributed by atoms with E-state index in [1.54, 1.807) is 21.9 Å². The number of carbonyl (C=O) groups is 1. The van der Waals surface area contributed by atoms with Gasteiger partial charge in [0.2, 0.25) is 11.9 Å². The zero-order chi connectivity index (χ0) is 11.4. The van der Waals surface area contributed by atoms with Crippen LogP contribution in [0.25, 0.3) is 0 Å². The minimum atomic E-state index is -0.285. The zero-order valence-corrected chi connectivity index (χ0v) is 9.47. The molecule has 5 nitrogen and oxygen atoms in total. The first-order valence-electron chi connectivity index (χ1n) is 5.18. The van der Waals surface area contributed by atoms with Crippen LogP contribution in [0.2, 0.25) is 0 Å². The van der Waals surface area contributed by atoms with Crippen LogP contribution in [-0.2, 0) is 4.79 Å². The highest BCUT2D eigenvalue weighted by molar-refractivity contribution is 5.80. The van der Waals surface area contributed by atoms with Crippen LogP contribution < -0.4 is 5.73 Å². The number of carbonyl (C=O) groups excluding carboxylic acids is 1. The molecule has 1 unspecified atom stereocenters. The maximum atomic E-state index is 12.0. The number of amides is 1. The Morgan fingerprint density at radius 2 is 2.20 bits per heavy atom. The second-order valence-electron chi connectivity index (χ2n) is 3.38. The fourth-order valence-electron chi connectivity index (χ4n) is 1.57. The van der Waals surface area contributed by atoms with Crippen molar-refractivity contribution in [1.29, 1.82) is 0 Å². The summed E-state index contributed by atoms with van der Waals surface area (Å²) in [6.45, 7) is 7.19. The van der Waals surface area contributed by atoms with Gasteiger partial charge in [0.25, 0.3) is 0 Å². The van der Waals surface area contributed by atoms with Gasteiger partial charge in [0.1, 0.15) is 6.04 Å². The maximum Gasteiger partial charge on any atom is 0.245 e. The molecule has 1 rings (SSSR count). The first kappa shape index (κ1) is 11.6. The first-order valence-corrected chi connectivity index (χ1v) is 5.18. The summed E-state index contributed by atoms with van der Waals surface area (Å²) in [5.74, 6) is 0.452. The van der Waals surface area contributed by atoms with E-state index in [0.29, 0.717) is 19.0 Å². The van der Waals surface area contributed by atoms with Crippen molar-refractivity contribution in [3.63, 3.8) is 0 Å². The molecular formula is C10H18N4O. The molecule has 84 valence electrons. The molecule has 0 saturated heterocycles. The maximum absolute atomic E-state index is 12.0. The second-order valence-corrected chi connectivity index (χ2v) is 3.38. The molecule has 1 aromatic heterocycles. The highest BCUT2D eigenvalue weighted by Gasteiger charge is 2.20. The Balaban J connectivity index is 2.81. The van der Waals surface area contributed by atoms with Gasteiger partial charge < -0.3 is 15.2 Å². The Morgan fingerprint density at radius 3 is 2.60 bits per heavy atom. The summed E-state index contributed by atoms with van der Waals surface area (Å²) in [5, 5.41) is 0. The molecule has 0 saturated carbocycles. The van der Waals surface area contributed by atoms with E-state index in [1.165, 1.54) is 0 Å². The van der Waals surface area contributed by atoms with E-state index in [-0.39, 0.29) is 11.9 Å². The van der Waals surface area contributed by atoms with Crippen LogP contribution >= 0.6 is 0 Å². The van der Waals surface area contributed by atoms with Gasteiger partial charge in [0.15, 0.2) is 0 Å². The fraction of sp³-hybridized carbons (Fsp3) is 0.600. The van der Waals surface area contributed by atoms with E-state index in [2.05, 4.69) is 4.98 Å². The highest BCUT2D eigenvalue weighted by Crippen LogP contribution is 2.13. The van der Waals surface area contributed by atoms with E-state index >= 15 is 0 Å². The number of hydrogen-bond acceptors (Lipinski definition) is 3. The van der Waals surface area contributed by atoms with Crippen molar-refractivity contribution in [2.75, 3.05) is 18.8 Å². The van der Waals surface area contributed by atoms with Crippen molar-refractivity contribution in [3.05, 3.63) is 12.4 Å². The molecule has 0 aliphatic rings. The SMILES string of the molecule is CCN(CC)C(=O)C(C)n1ccnc1N. The molecule has 0 aliphatic heterocycles. The lowest BCUT2D eigenvalue weighted by molar-refractivity contribution is -0.133. The van der Waals surface area contributed by atoms with Crippen LogP contribution in [0.4, 0.5) is 5.95 Å². The summed E-state index contributed by atoms with van der Waals surface area (Å²) in [7, 11) is 0. The van der Waals surface area contributed by atoms with Gasteiger partial charge in [-0.1, -0.05) is 0 Å². The van der Waals surface area contributed by atoms with Gasteiger partial charge in [0, 0.05) is 25.5 Å². The summed E-state index contributed by atoms with van der Waals surface area (Å²) in [5.41, 5.74) is 5.64. The topological polar surface area (TPSA) is 64.2 Å². The molecule has 15 heavy (non-hydrogen) atoms. The quantitative estimate of drug-likeness (QED) is 0.802. The summed E-state index contributed by atoms with van der Waals surface area (Å²) in [6, 6.07) is -0.285. The van der Waals surface area contributed by atoms with Crippen molar-refractivity contribution in [3.8, 4) is 0 Å². The number of nitrogen functional groups attached to an aromatic ring is 1.